The number of nitrogens with zero attached hydrogens (tertiary/aromatic N) is 1. The standard InChI is InChI=1S/C38H51NO11/c1-38(2,3)50-37(40)39-28-30-9-12-32(13-10-30)46-23-19-42-15-16-43-20-24-47-33-7-5-6-8-34(33)48-25-21-44-17-18-45-22-26-49-35-14-11-31(29-39)27-36(35)41-4/h5-14,27H,15-26,28-29H2,1-4H3. The molecule has 0 saturated heterocycles. The smallest absolute Gasteiger partial charge is 0.410 e. The molecule has 0 fully saturated rings. The summed E-state index contributed by atoms with van der Waals surface area (Å²) in [6.07, 6.45) is -0.419. The summed E-state index contributed by atoms with van der Waals surface area (Å²) in [7, 11) is 1.58. The van der Waals surface area contributed by atoms with Crippen LogP contribution in [0.15, 0.2) is 66.7 Å². The maximum absolute atomic E-state index is 13.3. The van der Waals surface area contributed by atoms with Crippen molar-refractivity contribution in [3.05, 3.63) is 77.9 Å². The zero-order chi connectivity index (χ0) is 35.4. The number of fused-ring (bicyclic) bond motifs is 2. The molecule has 50 heavy (non-hydrogen) atoms. The number of rotatable bonds is 1. The Hall–Kier alpha value is -4.23. The van der Waals surface area contributed by atoms with Crippen molar-refractivity contribution < 1.29 is 52.2 Å². The number of carbonyl (C=O) groups is 1. The maximum atomic E-state index is 13.3. The molecule has 0 N–H and O–H groups in total. The fraction of sp³-hybridized carbons (Fsp3) is 0.500. The molecule has 6 rings (SSSR count). The van der Waals surface area contributed by atoms with Crippen LogP contribution in [-0.2, 0) is 36.8 Å². The Balaban J connectivity index is 1.37. The second-order valence-corrected chi connectivity index (χ2v) is 12.3. The predicted octanol–water partition coefficient (Wildman–Crippen LogP) is 5.93. The minimum absolute atomic E-state index is 0.304. The Bertz CT molecular complexity index is 1410. The van der Waals surface area contributed by atoms with Gasteiger partial charge in [0.05, 0.1) is 60.0 Å². The van der Waals surface area contributed by atoms with Gasteiger partial charge in [0.15, 0.2) is 23.0 Å². The van der Waals surface area contributed by atoms with E-state index in [9.17, 15) is 4.79 Å². The molecule has 0 aliphatic carbocycles. The van der Waals surface area contributed by atoms with E-state index in [4.69, 9.17) is 47.4 Å². The molecule has 3 aliphatic heterocycles. The summed E-state index contributed by atoms with van der Waals surface area (Å²) in [5.74, 6) is 3.14. The highest BCUT2D eigenvalue weighted by Gasteiger charge is 2.23. The molecular formula is C38H51NO11. The molecule has 3 aromatic carbocycles. The van der Waals surface area contributed by atoms with Crippen LogP contribution in [0, 0.1) is 0 Å². The Labute approximate surface area is 295 Å². The minimum atomic E-state index is -0.645. The first-order valence-electron chi connectivity index (χ1n) is 17.0. The molecule has 3 aliphatic rings. The van der Waals surface area contributed by atoms with E-state index in [2.05, 4.69) is 0 Å². The highest BCUT2D eigenvalue weighted by atomic mass is 16.6. The average molecular weight is 698 g/mol. The molecule has 0 saturated carbocycles. The van der Waals surface area contributed by atoms with Crippen LogP contribution >= 0.6 is 0 Å². The Morgan fingerprint density at radius 3 is 1.56 bits per heavy atom. The summed E-state index contributed by atoms with van der Waals surface area (Å²) in [6, 6.07) is 20.7. The largest absolute Gasteiger partial charge is 0.493 e. The van der Waals surface area contributed by atoms with Crippen LogP contribution in [0.4, 0.5) is 4.79 Å². The Morgan fingerprint density at radius 1 is 0.580 bits per heavy atom. The molecule has 1 amide bonds. The van der Waals surface area contributed by atoms with Gasteiger partial charge in [-0.05, 0) is 68.3 Å². The van der Waals surface area contributed by atoms with E-state index in [0.29, 0.717) is 121 Å². The van der Waals surface area contributed by atoms with E-state index in [1.807, 2.05) is 87.5 Å². The molecule has 274 valence electrons. The number of amides is 1. The van der Waals surface area contributed by atoms with Crippen LogP contribution in [0.3, 0.4) is 0 Å². The second-order valence-electron chi connectivity index (χ2n) is 12.3. The van der Waals surface area contributed by atoms with Crippen molar-refractivity contribution in [2.75, 3.05) is 86.4 Å². The number of carbonyl (C=O) groups excluding carboxylic acids is 1. The maximum Gasteiger partial charge on any atom is 0.410 e. The number of ether oxygens (including phenoxy) is 10. The average Bonchev–Trinajstić information content (AvgIpc) is 3.10. The van der Waals surface area contributed by atoms with Crippen LogP contribution in [0.1, 0.15) is 31.9 Å². The van der Waals surface area contributed by atoms with E-state index in [-0.39, 0.29) is 0 Å². The van der Waals surface area contributed by atoms with E-state index < -0.39 is 11.7 Å². The third kappa shape index (κ3) is 14.3. The highest BCUT2D eigenvalue weighted by molar-refractivity contribution is 5.68. The van der Waals surface area contributed by atoms with Gasteiger partial charge in [-0.15, -0.1) is 0 Å². The van der Waals surface area contributed by atoms with Gasteiger partial charge < -0.3 is 47.4 Å². The van der Waals surface area contributed by atoms with E-state index in [0.717, 1.165) is 11.1 Å². The van der Waals surface area contributed by atoms with Crippen LogP contribution in [0.25, 0.3) is 0 Å². The van der Waals surface area contributed by atoms with Crippen LogP contribution in [-0.4, -0.2) is 103 Å². The molecule has 0 spiro atoms. The van der Waals surface area contributed by atoms with E-state index >= 15 is 0 Å². The van der Waals surface area contributed by atoms with Crippen molar-refractivity contribution in [2.24, 2.45) is 0 Å². The molecule has 0 radical (unpaired) electrons. The minimum Gasteiger partial charge on any atom is -0.493 e. The van der Waals surface area contributed by atoms with Crippen molar-refractivity contribution in [1.82, 2.24) is 4.90 Å². The van der Waals surface area contributed by atoms with Gasteiger partial charge in [0.25, 0.3) is 0 Å². The van der Waals surface area contributed by atoms with Crippen LogP contribution < -0.4 is 23.7 Å². The zero-order valence-electron chi connectivity index (χ0n) is 29.7. The first-order chi connectivity index (χ1) is 24.3. The lowest BCUT2D eigenvalue weighted by atomic mass is 10.1. The lowest BCUT2D eigenvalue weighted by Crippen LogP contribution is -2.36. The van der Waals surface area contributed by atoms with E-state index in [1.54, 1.807) is 12.0 Å². The van der Waals surface area contributed by atoms with Crippen molar-refractivity contribution >= 4 is 6.09 Å². The Kier molecular flexibility index (Phi) is 16.3. The van der Waals surface area contributed by atoms with Crippen LogP contribution in [0.2, 0.25) is 0 Å². The lowest BCUT2D eigenvalue weighted by Gasteiger charge is -2.28. The van der Waals surface area contributed by atoms with Crippen molar-refractivity contribution in [3.63, 3.8) is 0 Å². The third-order valence-electron chi connectivity index (χ3n) is 7.10. The van der Waals surface area contributed by atoms with Gasteiger partial charge in [-0.2, -0.15) is 0 Å². The summed E-state index contributed by atoms with van der Waals surface area (Å²) in [5, 5.41) is 0. The Morgan fingerprint density at radius 2 is 1.04 bits per heavy atom. The first-order valence-corrected chi connectivity index (χ1v) is 17.0. The van der Waals surface area contributed by atoms with Crippen LogP contribution in [0.5, 0.6) is 28.7 Å². The normalized spacial score (nSPS) is 16.8. The summed E-state index contributed by atoms with van der Waals surface area (Å²) < 4.78 is 57.5. The topological polar surface area (TPSA) is 113 Å². The van der Waals surface area contributed by atoms with Gasteiger partial charge in [-0.25, -0.2) is 4.79 Å². The van der Waals surface area contributed by atoms with Gasteiger partial charge in [0.2, 0.25) is 0 Å². The molecule has 3 heterocycles. The fourth-order valence-electron chi connectivity index (χ4n) is 4.76. The van der Waals surface area contributed by atoms with Crippen molar-refractivity contribution in [3.8, 4) is 28.7 Å². The van der Waals surface area contributed by atoms with Gasteiger partial charge in [0.1, 0.15) is 37.8 Å². The number of methoxy groups -OCH3 is 1. The van der Waals surface area contributed by atoms with Gasteiger partial charge >= 0.3 is 6.09 Å². The van der Waals surface area contributed by atoms with Crippen molar-refractivity contribution in [2.45, 2.75) is 39.5 Å². The lowest BCUT2D eigenvalue weighted by molar-refractivity contribution is 0.0216. The fourth-order valence-corrected chi connectivity index (χ4v) is 4.76. The van der Waals surface area contributed by atoms with Gasteiger partial charge in [-0.1, -0.05) is 30.3 Å². The molecule has 0 aromatic heterocycles. The van der Waals surface area contributed by atoms with Gasteiger partial charge in [0, 0.05) is 13.1 Å². The summed E-state index contributed by atoms with van der Waals surface area (Å²) >= 11 is 0. The molecule has 3 aromatic rings. The molecular weight excluding hydrogens is 646 g/mol. The number of hydrogen-bond donors (Lipinski definition) is 0. The number of benzene rings is 3. The number of para-hydroxylation sites is 2. The predicted molar refractivity (Wildman–Crippen MR) is 187 cm³/mol. The zero-order valence-corrected chi connectivity index (χ0v) is 29.7. The summed E-state index contributed by atoms with van der Waals surface area (Å²) in [5.41, 5.74) is 1.14. The summed E-state index contributed by atoms with van der Waals surface area (Å²) in [4.78, 5) is 14.9. The molecule has 0 atom stereocenters. The molecule has 4 bridgehead atoms. The van der Waals surface area contributed by atoms with Gasteiger partial charge in [-0.3, -0.25) is 4.90 Å². The summed E-state index contributed by atoms with van der Waals surface area (Å²) in [6.45, 7) is 11.0. The highest BCUT2D eigenvalue weighted by Crippen LogP contribution is 2.29. The first kappa shape index (κ1) is 38.6. The second kappa shape index (κ2) is 21.1. The van der Waals surface area contributed by atoms with E-state index in [1.165, 1.54) is 0 Å². The molecule has 12 nitrogen and oxygen atoms in total. The molecule has 12 heteroatoms. The molecule has 0 unspecified atom stereocenters. The SMILES string of the molecule is COc1cc2ccc1OCCOCCOCCOc1ccccc1OCCOCCOCCOc1ccc(cc1)CN(C(=O)OC(C)(C)C)C2. The quantitative estimate of drug-likeness (QED) is 0.302. The number of hydrogen-bond acceptors (Lipinski definition) is 11. The monoisotopic (exact) mass is 697 g/mol. The van der Waals surface area contributed by atoms with Crippen molar-refractivity contribution in [1.29, 1.82) is 0 Å². The third-order valence-corrected chi connectivity index (χ3v) is 7.10.